The van der Waals surface area contributed by atoms with Crippen LogP contribution in [0.4, 0.5) is 5.69 Å². The third-order valence-electron chi connectivity index (χ3n) is 4.29. The van der Waals surface area contributed by atoms with Crippen molar-refractivity contribution < 1.29 is 14.3 Å². The number of aryl methyl sites for hydroxylation is 1. The van der Waals surface area contributed by atoms with Crippen LogP contribution in [0.3, 0.4) is 0 Å². The van der Waals surface area contributed by atoms with Gasteiger partial charge in [0.05, 0.1) is 6.10 Å². The molecule has 0 saturated heterocycles. The summed E-state index contributed by atoms with van der Waals surface area (Å²) < 4.78 is 11.6. The van der Waals surface area contributed by atoms with Gasteiger partial charge >= 0.3 is 0 Å². The molecule has 1 amide bonds. The fourth-order valence-electron chi connectivity index (χ4n) is 3.19. The van der Waals surface area contributed by atoms with Gasteiger partial charge in [0.1, 0.15) is 11.4 Å². The number of hydrogen-bond donors (Lipinski definition) is 1. The topological polar surface area (TPSA) is 47.6 Å². The molecule has 1 saturated carbocycles. The summed E-state index contributed by atoms with van der Waals surface area (Å²) in [6.45, 7) is 8.51. The molecule has 1 N–H and O–H groups in total. The van der Waals surface area contributed by atoms with E-state index in [1.165, 1.54) is 6.42 Å². The van der Waals surface area contributed by atoms with Crippen molar-refractivity contribution in [2.75, 3.05) is 11.9 Å². The van der Waals surface area contributed by atoms with Gasteiger partial charge in [0.2, 0.25) is 0 Å². The van der Waals surface area contributed by atoms with Crippen molar-refractivity contribution in [1.29, 1.82) is 0 Å². The summed E-state index contributed by atoms with van der Waals surface area (Å²) in [4.78, 5) is 12.8. The zero-order chi connectivity index (χ0) is 16.9. The van der Waals surface area contributed by atoms with E-state index in [-0.39, 0.29) is 12.0 Å². The summed E-state index contributed by atoms with van der Waals surface area (Å²) in [6, 6.07) is 5.77. The minimum Gasteiger partial charge on any atom is -0.491 e. The summed E-state index contributed by atoms with van der Waals surface area (Å²) in [5.41, 5.74) is 1.16. The molecular weight excluding hydrogens is 290 g/mol. The van der Waals surface area contributed by atoms with E-state index in [0.29, 0.717) is 6.61 Å². The minimum absolute atomic E-state index is 0.0176. The highest BCUT2D eigenvalue weighted by atomic mass is 16.5. The molecule has 0 atom stereocenters. The SMILES string of the molecule is CCOC1(C(=O)Nc2ccc(OC(C)C)c(C)c2)CCCCC1. The van der Waals surface area contributed by atoms with Gasteiger partial charge in [-0.15, -0.1) is 0 Å². The normalized spacial score (nSPS) is 17.1. The van der Waals surface area contributed by atoms with Crippen LogP contribution in [-0.2, 0) is 9.53 Å². The molecule has 2 rings (SSSR count). The number of benzene rings is 1. The van der Waals surface area contributed by atoms with Crippen LogP contribution < -0.4 is 10.1 Å². The number of rotatable bonds is 6. The molecule has 0 aliphatic heterocycles. The lowest BCUT2D eigenvalue weighted by Gasteiger charge is -2.35. The Bertz CT molecular complexity index is 528. The molecule has 0 unspecified atom stereocenters. The Morgan fingerprint density at radius 1 is 1.26 bits per heavy atom. The highest BCUT2D eigenvalue weighted by Crippen LogP contribution is 2.33. The van der Waals surface area contributed by atoms with E-state index in [1.807, 2.05) is 45.9 Å². The van der Waals surface area contributed by atoms with Gasteiger partial charge in [-0.2, -0.15) is 0 Å². The number of carbonyl (C=O) groups excluding carboxylic acids is 1. The second-order valence-electron chi connectivity index (χ2n) is 6.59. The summed E-state index contributed by atoms with van der Waals surface area (Å²) in [6.07, 6.45) is 5.03. The van der Waals surface area contributed by atoms with E-state index in [0.717, 1.165) is 42.7 Å². The smallest absolute Gasteiger partial charge is 0.256 e. The van der Waals surface area contributed by atoms with Crippen LogP contribution in [0.25, 0.3) is 0 Å². The van der Waals surface area contributed by atoms with Crippen molar-refractivity contribution in [2.45, 2.75) is 71.5 Å². The second-order valence-corrected chi connectivity index (χ2v) is 6.59. The average Bonchev–Trinajstić information content (AvgIpc) is 2.51. The van der Waals surface area contributed by atoms with E-state index < -0.39 is 5.60 Å². The quantitative estimate of drug-likeness (QED) is 0.842. The maximum absolute atomic E-state index is 12.8. The van der Waals surface area contributed by atoms with Gasteiger partial charge in [-0.25, -0.2) is 0 Å². The molecular formula is C19H29NO3. The van der Waals surface area contributed by atoms with Crippen LogP contribution in [0, 0.1) is 6.92 Å². The maximum atomic E-state index is 12.8. The van der Waals surface area contributed by atoms with Gasteiger partial charge in [0.25, 0.3) is 5.91 Å². The average molecular weight is 319 g/mol. The first-order valence-corrected chi connectivity index (χ1v) is 8.69. The molecule has 0 spiro atoms. The molecule has 1 aliphatic carbocycles. The van der Waals surface area contributed by atoms with Gasteiger partial charge in [0, 0.05) is 12.3 Å². The Morgan fingerprint density at radius 2 is 1.96 bits per heavy atom. The standard InChI is InChI=1S/C19H29NO3/c1-5-22-19(11-7-6-8-12-19)18(21)20-16-9-10-17(15(4)13-16)23-14(2)3/h9-10,13-14H,5-8,11-12H2,1-4H3,(H,20,21). The van der Waals surface area contributed by atoms with Crippen LogP contribution in [0.15, 0.2) is 18.2 Å². The van der Waals surface area contributed by atoms with Crippen LogP contribution in [0.5, 0.6) is 5.75 Å². The first-order chi connectivity index (χ1) is 11.0. The minimum atomic E-state index is -0.659. The van der Waals surface area contributed by atoms with E-state index in [1.54, 1.807) is 0 Å². The van der Waals surface area contributed by atoms with Gasteiger partial charge in [-0.1, -0.05) is 19.3 Å². The third kappa shape index (κ3) is 4.47. The van der Waals surface area contributed by atoms with Crippen molar-refractivity contribution >= 4 is 11.6 Å². The van der Waals surface area contributed by atoms with Crippen molar-refractivity contribution in [1.82, 2.24) is 0 Å². The maximum Gasteiger partial charge on any atom is 0.256 e. The van der Waals surface area contributed by atoms with Crippen molar-refractivity contribution in [3.8, 4) is 5.75 Å². The van der Waals surface area contributed by atoms with Crippen LogP contribution in [0.2, 0.25) is 0 Å². The highest BCUT2D eigenvalue weighted by Gasteiger charge is 2.40. The number of hydrogen-bond acceptors (Lipinski definition) is 3. The van der Waals surface area contributed by atoms with Gasteiger partial charge in [-0.05, 0) is 64.3 Å². The Kier molecular flexibility index (Phi) is 6.05. The molecule has 23 heavy (non-hydrogen) atoms. The Balaban J connectivity index is 2.10. The lowest BCUT2D eigenvalue weighted by Crippen LogP contribution is -2.47. The summed E-state index contributed by atoms with van der Waals surface area (Å²) in [7, 11) is 0. The van der Waals surface area contributed by atoms with E-state index in [2.05, 4.69) is 5.32 Å². The Labute approximate surface area is 139 Å². The molecule has 1 fully saturated rings. The molecule has 1 aliphatic rings. The molecule has 0 radical (unpaired) electrons. The highest BCUT2D eigenvalue weighted by molar-refractivity contribution is 5.97. The van der Waals surface area contributed by atoms with Crippen molar-refractivity contribution in [3.05, 3.63) is 23.8 Å². The van der Waals surface area contributed by atoms with E-state index in [4.69, 9.17) is 9.47 Å². The lowest BCUT2D eigenvalue weighted by atomic mass is 9.83. The zero-order valence-electron chi connectivity index (χ0n) is 14.8. The second kappa shape index (κ2) is 7.82. The number of carbonyl (C=O) groups is 1. The van der Waals surface area contributed by atoms with Gasteiger partial charge in [0.15, 0.2) is 0 Å². The summed E-state index contributed by atoms with van der Waals surface area (Å²) in [5, 5.41) is 3.04. The van der Waals surface area contributed by atoms with Crippen LogP contribution in [0.1, 0.15) is 58.4 Å². The lowest BCUT2D eigenvalue weighted by molar-refractivity contribution is -0.145. The molecule has 128 valence electrons. The number of nitrogens with one attached hydrogen (secondary N) is 1. The van der Waals surface area contributed by atoms with Gasteiger partial charge < -0.3 is 14.8 Å². The fraction of sp³-hybridized carbons (Fsp3) is 0.632. The van der Waals surface area contributed by atoms with Crippen molar-refractivity contribution in [3.63, 3.8) is 0 Å². The largest absolute Gasteiger partial charge is 0.491 e. The van der Waals surface area contributed by atoms with E-state index >= 15 is 0 Å². The van der Waals surface area contributed by atoms with E-state index in [9.17, 15) is 4.79 Å². The molecule has 4 heteroatoms. The molecule has 0 bridgehead atoms. The predicted octanol–water partition coefficient (Wildman–Crippen LogP) is 4.46. The molecule has 1 aromatic rings. The zero-order valence-corrected chi connectivity index (χ0v) is 14.8. The van der Waals surface area contributed by atoms with Gasteiger partial charge in [-0.3, -0.25) is 4.79 Å². The third-order valence-corrected chi connectivity index (χ3v) is 4.29. The summed E-state index contributed by atoms with van der Waals surface area (Å²) >= 11 is 0. The molecule has 0 heterocycles. The fourth-order valence-corrected chi connectivity index (χ4v) is 3.19. The Morgan fingerprint density at radius 3 is 2.52 bits per heavy atom. The first kappa shape index (κ1) is 17.8. The van der Waals surface area contributed by atoms with Crippen LogP contribution in [-0.4, -0.2) is 24.2 Å². The number of ether oxygens (including phenoxy) is 2. The molecule has 1 aromatic carbocycles. The Hall–Kier alpha value is -1.55. The van der Waals surface area contributed by atoms with Crippen LogP contribution >= 0.6 is 0 Å². The summed E-state index contributed by atoms with van der Waals surface area (Å²) in [5.74, 6) is 0.839. The first-order valence-electron chi connectivity index (χ1n) is 8.69. The number of amides is 1. The monoisotopic (exact) mass is 319 g/mol. The predicted molar refractivity (Wildman–Crippen MR) is 93.0 cm³/mol. The van der Waals surface area contributed by atoms with Crippen molar-refractivity contribution in [2.24, 2.45) is 0 Å². The number of anilines is 1. The molecule has 4 nitrogen and oxygen atoms in total. The molecule has 0 aromatic heterocycles.